The minimum Gasteiger partial charge on any atom is -0.478 e. The lowest BCUT2D eigenvalue weighted by molar-refractivity contribution is -0.133. The van der Waals surface area contributed by atoms with Crippen LogP contribution in [0.25, 0.3) is 0 Å². The number of rotatable bonds is 4. The highest BCUT2D eigenvalue weighted by Gasteiger charge is 2.15. The smallest absolute Gasteiger partial charge is 0.330 e. The molecule has 1 fully saturated rings. The van der Waals surface area contributed by atoms with Crippen molar-refractivity contribution in [1.82, 2.24) is 0 Å². The largest absolute Gasteiger partial charge is 0.478 e. The van der Waals surface area contributed by atoms with Crippen molar-refractivity contribution >= 4 is 11.9 Å². The van der Waals surface area contributed by atoms with Crippen LogP contribution in [0, 0.1) is 11.3 Å². The van der Waals surface area contributed by atoms with Crippen molar-refractivity contribution in [1.29, 1.82) is 0 Å². The molecule has 4 nitrogen and oxygen atoms in total. The first-order valence-corrected chi connectivity index (χ1v) is 7.85. The van der Waals surface area contributed by atoms with Crippen LogP contribution in [0.1, 0.15) is 66.2 Å². The minimum atomic E-state index is -0.894. The van der Waals surface area contributed by atoms with Gasteiger partial charge in [-0.3, -0.25) is 0 Å². The van der Waals surface area contributed by atoms with Gasteiger partial charge in [-0.1, -0.05) is 52.7 Å². The molecule has 1 saturated carbocycles. The molecule has 0 unspecified atom stereocenters. The molecule has 4 heteroatoms. The summed E-state index contributed by atoms with van der Waals surface area (Å²) in [5.41, 5.74) is 0.810. The molecular formula is C18H30O4. The summed E-state index contributed by atoms with van der Waals surface area (Å²) in [5, 5.41) is 17.1. The highest BCUT2D eigenvalue weighted by molar-refractivity contribution is 5.86. The predicted octanol–water partition coefficient (Wildman–Crippen LogP) is 4.66. The van der Waals surface area contributed by atoms with Gasteiger partial charge in [0.2, 0.25) is 0 Å². The molecule has 0 aliphatic heterocycles. The third-order valence-electron chi connectivity index (χ3n) is 3.52. The number of hydrogen-bond donors (Lipinski definition) is 2. The lowest BCUT2D eigenvalue weighted by Crippen LogP contribution is -2.10. The SMILES string of the molecule is C=C(CC(C)(C)C)C(=O)O.CC(=CC1CCCCC1)C(=O)O. The summed E-state index contributed by atoms with van der Waals surface area (Å²) in [6, 6.07) is 0. The summed E-state index contributed by atoms with van der Waals surface area (Å²) in [4.78, 5) is 20.8. The molecule has 1 rings (SSSR count). The Morgan fingerprint density at radius 2 is 1.59 bits per heavy atom. The fourth-order valence-corrected chi connectivity index (χ4v) is 2.44. The number of aliphatic carboxylic acids is 2. The summed E-state index contributed by atoms with van der Waals surface area (Å²) >= 11 is 0. The molecule has 0 heterocycles. The fourth-order valence-electron chi connectivity index (χ4n) is 2.44. The van der Waals surface area contributed by atoms with Crippen LogP contribution in [-0.4, -0.2) is 22.2 Å². The summed E-state index contributed by atoms with van der Waals surface area (Å²) < 4.78 is 0. The molecule has 0 aromatic rings. The Balaban J connectivity index is 0.000000409. The van der Waals surface area contributed by atoms with Crippen molar-refractivity contribution in [3.63, 3.8) is 0 Å². The molecule has 0 aromatic heterocycles. The Hall–Kier alpha value is -1.58. The molecule has 22 heavy (non-hydrogen) atoms. The number of carboxylic acids is 2. The number of allylic oxidation sites excluding steroid dienone is 1. The first-order valence-electron chi connectivity index (χ1n) is 7.85. The van der Waals surface area contributed by atoms with Crippen molar-refractivity contribution in [3.8, 4) is 0 Å². The van der Waals surface area contributed by atoms with Gasteiger partial charge in [-0.2, -0.15) is 0 Å². The Labute approximate surface area is 133 Å². The standard InChI is InChI=1S/C10H16O2.C8H14O2/c1-8(10(11)12)7-9-5-3-2-4-6-9;1-6(7(9)10)5-8(2,3)4/h7,9H,2-6H2,1H3,(H,11,12);1,5H2,2-4H3,(H,9,10). The molecular weight excluding hydrogens is 280 g/mol. The molecule has 0 amide bonds. The van der Waals surface area contributed by atoms with Crippen molar-refractivity contribution < 1.29 is 19.8 Å². The lowest BCUT2D eigenvalue weighted by atomic mass is 9.88. The topological polar surface area (TPSA) is 74.6 Å². The van der Waals surface area contributed by atoms with Gasteiger partial charge in [-0.25, -0.2) is 9.59 Å². The van der Waals surface area contributed by atoms with E-state index in [1.54, 1.807) is 6.92 Å². The maximum Gasteiger partial charge on any atom is 0.330 e. The van der Waals surface area contributed by atoms with E-state index in [1.165, 1.54) is 32.1 Å². The van der Waals surface area contributed by atoms with E-state index >= 15 is 0 Å². The van der Waals surface area contributed by atoms with Crippen LogP contribution >= 0.6 is 0 Å². The molecule has 0 bridgehead atoms. The summed E-state index contributed by atoms with van der Waals surface area (Å²) in [5.74, 6) is -1.15. The van der Waals surface area contributed by atoms with Crippen LogP contribution < -0.4 is 0 Å². The van der Waals surface area contributed by atoms with E-state index in [0.29, 0.717) is 17.9 Å². The van der Waals surface area contributed by atoms with E-state index in [2.05, 4.69) is 6.58 Å². The number of carbonyl (C=O) groups is 2. The summed E-state index contributed by atoms with van der Waals surface area (Å²) in [7, 11) is 0. The van der Waals surface area contributed by atoms with Gasteiger partial charge >= 0.3 is 11.9 Å². The third kappa shape index (κ3) is 10.2. The maximum atomic E-state index is 10.5. The predicted molar refractivity (Wildman–Crippen MR) is 88.8 cm³/mol. The van der Waals surface area contributed by atoms with Gasteiger partial charge in [0.05, 0.1) is 0 Å². The second-order valence-corrected chi connectivity index (χ2v) is 7.20. The third-order valence-corrected chi connectivity index (χ3v) is 3.52. The zero-order chi connectivity index (χ0) is 17.3. The molecule has 0 spiro atoms. The summed E-state index contributed by atoms with van der Waals surface area (Å²) in [6.07, 6.45) is 8.64. The Morgan fingerprint density at radius 1 is 1.09 bits per heavy atom. The molecule has 0 aromatic carbocycles. The molecule has 2 N–H and O–H groups in total. The zero-order valence-electron chi connectivity index (χ0n) is 14.3. The van der Waals surface area contributed by atoms with E-state index in [4.69, 9.17) is 10.2 Å². The average molecular weight is 310 g/mol. The highest BCUT2D eigenvalue weighted by atomic mass is 16.4. The molecule has 0 radical (unpaired) electrons. The van der Waals surface area contributed by atoms with Gasteiger partial charge in [-0.05, 0) is 37.5 Å². The fraction of sp³-hybridized carbons (Fsp3) is 0.667. The van der Waals surface area contributed by atoms with Crippen molar-refractivity contribution in [2.24, 2.45) is 11.3 Å². The first-order chi connectivity index (χ1) is 10.0. The second-order valence-electron chi connectivity index (χ2n) is 7.20. The number of hydrogen-bond acceptors (Lipinski definition) is 2. The molecule has 1 aliphatic rings. The van der Waals surface area contributed by atoms with E-state index in [0.717, 1.165) is 0 Å². The van der Waals surface area contributed by atoms with Crippen LogP contribution in [0.15, 0.2) is 23.8 Å². The molecule has 0 saturated heterocycles. The average Bonchev–Trinajstić information content (AvgIpc) is 2.38. The quantitative estimate of drug-likeness (QED) is 0.740. The van der Waals surface area contributed by atoms with Gasteiger partial charge in [0.25, 0.3) is 0 Å². The van der Waals surface area contributed by atoms with Gasteiger partial charge in [0.1, 0.15) is 0 Å². The number of carboxylic acid groups (broad SMARTS) is 2. The Bertz CT molecular complexity index is 421. The summed E-state index contributed by atoms with van der Waals surface area (Å²) in [6.45, 7) is 11.1. The van der Waals surface area contributed by atoms with Crippen LogP contribution in [-0.2, 0) is 9.59 Å². The van der Waals surface area contributed by atoms with Gasteiger partial charge in [0.15, 0.2) is 0 Å². The van der Waals surface area contributed by atoms with Crippen LogP contribution in [0.3, 0.4) is 0 Å². The maximum absolute atomic E-state index is 10.5. The van der Waals surface area contributed by atoms with Gasteiger partial charge in [0, 0.05) is 11.1 Å². The van der Waals surface area contributed by atoms with Crippen LogP contribution in [0.5, 0.6) is 0 Å². The highest BCUT2D eigenvalue weighted by Crippen LogP contribution is 2.25. The van der Waals surface area contributed by atoms with Crippen molar-refractivity contribution in [2.75, 3.05) is 0 Å². The lowest BCUT2D eigenvalue weighted by Gasteiger charge is -2.18. The molecule has 1 aliphatic carbocycles. The van der Waals surface area contributed by atoms with E-state index in [1.807, 2.05) is 26.8 Å². The van der Waals surface area contributed by atoms with E-state index in [9.17, 15) is 9.59 Å². The van der Waals surface area contributed by atoms with Crippen molar-refractivity contribution in [2.45, 2.75) is 66.2 Å². The molecule has 0 atom stereocenters. The Kier molecular flexibility index (Phi) is 8.76. The van der Waals surface area contributed by atoms with Gasteiger partial charge < -0.3 is 10.2 Å². The monoisotopic (exact) mass is 310 g/mol. The normalized spacial score (nSPS) is 16.5. The van der Waals surface area contributed by atoms with E-state index < -0.39 is 11.9 Å². The van der Waals surface area contributed by atoms with E-state index in [-0.39, 0.29) is 11.0 Å². The Morgan fingerprint density at radius 3 is 1.91 bits per heavy atom. The van der Waals surface area contributed by atoms with Crippen LogP contribution in [0.4, 0.5) is 0 Å². The second kappa shape index (κ2) is 9.44. The first kappa shape index (κ1) is 20.4. The van der Waals surface area contributed by atoms with Crippen molar-refractivity contribution in [3.05, 3.63) is 23.8 Å². The zero-order valence-corrected chi connectivity index (χ0v) is 14.3. The molecule has 126 valence electrons. The minimum absolute atomic E-state index is 0.0233. The van der Waals surface area contributed by atoms with Crippen LogP contribution in [0.2, 0.25) is 0 Å². The van der Waals surface area contributed by atoms with Gasteiger partial charge in [-0.15, -0.1) is 0 Å².